The summed E-state index contributed by atoms with van der Waals surface area (Å²) in [6, 6.07) is 28.5. The van der Waals surface area contributed by atoms with Crippen LogP contribution in [0.2, 0.25) is 0 Å². The first kappa shape index (κ1) is 24.1. The van der Waals surface area contributed by atoms with Gasteiger partial charge < -0.3 is 20.1 Å². The first-order valence-corrected chi connectivity index (χ1v) is 12.1. The lowest BCUT2D eigenvalue weighted by molar-refractivity contribution is -0.356. The van der Waals surface area contributed by atoms with Crippen LogP contribution in [0.1, 0.15) is 30.5 Å². The van der Waals surface area contributed by atoms with Crippen LogP contribution >= 0.6 is 15.9 Å². The number of benzene rings is 3. The van der Waals surface area contributed by atoms with Crippen LogP contribution in [0.3, 0.4) is 0 Å². The normalized spacial score (nSPS) is 34.2. The molecule has 0 aliphatic carbocycles. The first-order valence-electron chi connectivity index (χ1n) is 11.3. The predicted octanol–water partition coefficient (Wildman–Crippen LogP) is 4.44. The van der Waals surface area contributed by atoms with Gasteiger partial charge in [-0.1, -0.05) is 107 Å². The van der Waals surface area contributed by atoms with Crippen molar-refractivity contribution in [2.45, 2.75) is 60.5 Å². The highest BCUT2D eigenvalue weighted by Crippen LogP contribution is 2.55. The molecule has 0 amide bonds. The molecule has 5 heteroatoms. The molecule has 0 saturated carbocycles. The second-order valence-corrected chi connectivity index (χ2v) is 10.8. The van der Waals surface area contributed by atoms with E-state index in [1.54, 1.807) is 13.8 Å². The van der Waals surface area contributed by atoms with Gasteiger partial charge in [0.25, 0.3) is 0 Å². The summed E-state index contributed by atoms with van der Waals surface area (Å²) < 4.78 is 4.92. The molecule has 0 radical (unpaired) electrons. The monoisotopic (exact) mass is 510 g/mol. The summed E-state index contributed by atoms with van der Waals surface area (Å²) in [6.45, 7) is 3.46. The Labute approximate surface area is 204 Å². The van der Waals surface area contributed by atoms with Gasteiger partial charge in [0.15, 0.2) is 4.51 Å². The summed E-state index contributed by atoms with van der Waals surface area (Å²) in [4.78, 5) is 0. The maximum atomic E-state index is 12.6. The third kappa shape index (κ3) is 4.17. The first-order chi connectivity index (χ1) is 15.6. The zero-order chi connectivity index (χ0) is 23.7. The van der Waals surface area contributed by atoms with Crippen molar-refractivity contribution in [2.75, 3.05) is 0 Å². The average Bonchev–Trinajstić information content (AvgIpc) is 2.79. The minimum atomic E-state index is -1.96. The van der Waals surface area contributed by atoms with Crippen molar-refractivity contribution in [2.24, 2.45) is 0 Å². The van der Waals surface area contributed by atoms with Crippen LogP contribution in [0.15, 0.2) is 91.0 Å². The molecule has 4 rings (SSSR count). The lowest BCUT2D eigenvalue weighted by Gasteiger charge is -2.63. The van der Waals surface area contributed by atoms with Crippen LogP contribution in [-0.2, 0) is 24.0 Å². The summed E-state index contributed by atoms with van der Waals surface area (Å²) in [5, 5.41) is 37.2. The second-order valence-electron chi connectivity index (χ2n) is 9.31. The van der Waals surface area contributed by atoms with E-state index in [4.69, 9.17) is 4.74 Å². The SMILES string of the molecule is C[C@@H]1OC(C)(Br)[C@](O)(Cc2ccccc2)[C@@](O)(Cc2ccccc2)[C@@]1(O)Cc1ccccc1. The molecule has 3 N–H and O–H groups in total. The smallest absolute Gasteiger partial charge is 0.152 e. The lowest BCUT2D eigenvalue weighted by atomic mass is 9.58. The molecule has 1 heterocycles. The minimum absolute atomic E-state index is 0.0510. The van der Waals surface area contributed by atoms with Crippen molar-refractivity contribution >= 4 is 15.9 Å². The largest absolute Gasteiger partial charge is 0.384 e. The molecule has 1 aliphatic heterocycles. The maximum absolute atomic E-state index is 12.6. The zero-order valence-electron chi connectivity index (χ0n) is 19.0. The Morgan fingerprint density at radius 1 is 0.667 bits per heavy atom. The fourth-order valence-electron chi connectivity index (χ4n) is 5.17. The molecule has 1 unspecified atom stereocenters. The molecule has 4 nitrogen and oxygen atoms in total. The molecule has 1 fully saturated rings. The molecular weight excluding hydrogens is 480 g/mol. The van der Waals surface area contributed by atoms with Crippen LogP contribution in [0, 0.1) is 0 Å². The third-order valence-corrected chi connectivity index (χ3v) is 7.97. The molecule has 0 spiro atoms. The molecule has 1 saturated heterocycles. The molecule has 174 valence electrons. The molecule has 5 atom stereocenters. The van der Waals surface area contributed by atoms with E-state index in [1.807, 2.05) is 91.0 Å². The molecule has 33 heavy (non-hydrogen) atoms. The van der Waals surface area contributed by atoms with E-state index < -0.39 is 27.4 Å². The molecule has 1 aliphatic rings. The lowest BCUT2D eigenvalue weighted by Crippen LogP contribution is -2.83. The zero-order valence-corrected chi connectivity index (χ0v) is 20.6. The summed E-state index contributed by atoms with van der Waals surface area (Å²) >= 11 is 3.60. The van der Waals surface area contributed by atoms with Gasteiger partial charge in [0, 0.05) is 19.3 Å². The fourth-order valence-corrected chi connectivity index (χ4v) is 5.92. The van der Waals surface area contributed by atoms with Crippen molar-refractivity contribution in [3.8, 4) is 0 Å². The van der Waals surface area contributed by atoms with Gasteiger partial charge in [0.2, 0.25) is 0 Å². The van der Waals surface area contributed by atoms with Gasteiger partial charge in [0.05, 0.1) is 6.10 Å². The topological polar surface area (TPSA) is 69.9 Å². The van der Waals surface area contributed by atoms with Gasteiger partial charge in [0.1, 0.15) is 16.8 Å². The standard InChI is InChI=1S/C28H31BrO4/c1-21-26(30,18-22-12-6-3-7-13-22)28(32,20-24-16-10-5-11-17-24)27(31,25(2,29)33-21)19-23-14-8-4-9-15-23/h3-17,21,30-32H,18-20H2,1-2H3/t21-,25?,26+,27+,28+/m0/s1. The van der Waals surface area contributed by atoms with E-state index in [-0.39, 0.29) is 19.3 Å². The number of aliphatic hydroxyl groups is 3. The summed E-state index contributed by atoms with van der Waals surface area (Å²) in [5.74, 6) is 0. The van der Waals surface area contributed by atoms with Gasteiger partial charge in [-0.05, 0) is 30.5 Å². The van der Waals surface area contributed by atoms with E-state index in [0.29, 0.717) is 0 Å². The Kier molecular flexibility index (Phi) is 6.56. The van der Waals surface area contributed by atoms with Crippen LogP contribution in [0.4, 0.5) is 0 Å². The van der Waals surface area contributed by atoms with Gasteiger partial charge >= 0.3 is 0 Å². The van der Waals surface area contributed by atoms with Gasteiger partial charge in [-0.25, -0.2) is 0 Å². The van der Waals surface area contributed by atoms with Crippen molar-refractivity contribution < 1.29 is 20.1 Å². The summed E-state index contributed by atoms with van der Waals surface area (Å²) in [6.07, 6.45) is -0.511. The number of halogens is 1. The molecule has 3 aromatic rings. The van der Waals surface area contributed by atoms with Crippen molar-refractivity contribution in [3.63, 3.8) is 0 Å². The summed E-state index contributed by atoms with van der Waals surface area (Å²) in [7, 11) is 0. The number of ether oxygens (including phenoxy) is 1. The van der Waals surface area contributed by atoms with Crippen molar-refractivity contribution in [1.82, 2.24) is 0 Å². The minimum Gasteiger partial charge on any atom is -0.384 e. The second kappa shape index (κ2) is 8.97. The number of hydrogen-bond acceptors (Lipinski definition) is 4. The highest BCUT2D eigenvalue weighted by atomic mass is 79.9. The molecule has 0 aromatic heterocycles. The van der Waals surface area contributed by atoms with Gasteiger partial charge in [-0.3, -0.25) is 0 Å². The van der Waals surface area contributed by atoms with Crippen molar-refractivity contribution in [3.05, 3.63) is 108 Å². The number of hydrogen-bond donors (Lipinski definition) is 3. The van der Waals surface area contributed by atoms with Crippen LogP contribution in [0.25, 0.3) is 0 Å². The van der Waals surface area contributed by atoms with Gasteiger partial charge in [-0.15, -0.1) is 0 Å². The van der Waals surface area contributed by atoms with Crippen molar-refractivity contribution in [1.29, 1.82) is 0 Å². The third-order valence-electron chi connectivity index (χ3n) is 7.13. The Morgan fingerprint density at radius 2 is 1.03 bits per heavy atom. The van der Waals surface area contributed by atoms with Crippen LogP contribution in [0.5, 0.6) is 0 Å². The Bertz CT molecular complexity index is 1060. The van der Waals surface area contributed by atoms with Crippen LogP contribution in [-0.4, -0.2) is 42.7 Å². The molecule has 0 bridgehead atoms. The molecule has 3 aromatic carbocycles. The fraction of sp³-hybridized carbons (Fsp3) is 0.357. The predicted molar refractivity (Wildman–Crippen MR) is 133 cm³/mol. The van der Waals surface area contributed by atoms with E-state index >= 15 is 0 Å². The van der Waals surface area contributed by atoms with E-state index in [0.717, 1.165) is 16.7 Å². The highest BCUT2D eigenvalue weighted by molar-refractivity contribution is 9.10. The Hall–Kier alpha value is -2.02. The quantitative estimate of drug-likeness (QED) is 0.428. The Balaban J connectivity index is 1.89. The average molecular weight is 511 g/mol. The van der Waals surface area contributed by atoms with Gasteiger partial charge in [-0.2, -0.15) is 0 Å². The summed E-state index contributed by atoms with van der Waals surface area (Å²) in [5.41, 5.74) is -3.10. The maximum Gasteiger partial charge on any atom is 0.152 e. The highest BCUT2D eigenvalue weighted by Gasteiger charge is 2.73. The van der Waals surface area contributed by atoms with E-state index in [2.05, 4.69) is 15.9 Å². The van der Waals surface area contributed by atoms with E-state index in [9.17, 15) is 15.3 Å². The van der Waals surface area contributed by atoms with E-state index in [1.165, 1.54) is 0 Å². The number of rotatable bonds is 6. The van der Waals surface area contributed by atoms with Crippen LogP contribution < -0.4 is 0 Å². The Morgan fingerprint density at radius 3 is 1.45 bits per heavy atom. The molecular formula is C28H31BrO4. The number of alkyl halides is 1.